The smallest absolute Gasteiger partial charge is 0.0909 e. The van der Waals surface area contributed by atoms with Gasteiger partial charge in [0.2, 0.25) is 0 Å². The fourth-order valence-corrected chi connectivity index (χ4v) is 2.39. The van der Waals surface area contributed by atoms with Crippen LogP contribution in [0.2, 0.25) is 0 Å². The first-order chi connectivity index (χ1) is 7.72. The molecule has 1 aliphatic rings. The lowest BCUT2D eigenvalue weighted by Crippen LogP contribution is -2.41. The monoisotopic (exact) mass is 292 g/mol. The molecule has 1 heterocycles. The fourth-order valence-electron chi connectivity index (χ4n) is 2.39. The van der Waals surface area contributed by atoms with Crippen molar-refractivity contribution in [3.63, 3.8) is 0 Å². The second kappa shape index (κ2) is 7.97. The van der Waals surface area contributed by atoms with Crippen molar-refractivity contribution in [3.05, 3.63) is 35.9 Å². The van der Waals surface area contributed by atoms with E-state index < -0.39 is 5.60 Å². The Morgan fingerprint density at radius 3 is 2.56 bits per heavy atom. The van der Waals surface area contributed by atoms with Gasteiger partial charge in [0, 0.05) is 26.2 Å². The Kier molecular flexibility index (Phi) is 7.83. The van der Waals surface area contributed by atoms with E-state index in [0.717, 1.165) is 26.1 Å². The molecule has 104 valence electrons. The molecule has 0 spiro atoms. The van der Waals surface area contributed by atoms with Crippen LogP contribution in [0.15, 0.2) is 30.3 Å². The quantitative estimate of drug-likeness (QED) is 0.887. The number of likely N-dealkylation sites (N-methyl/N-ethyl adjacent to an activating group) is 1. The molecule has 3 nitrogen and oxygen atoms in total. The summed E-state index contributed by atoms with van der Waals surface area (Å²) in [5.74, 6) is 0. The van der Waals surface area contributed by atoms with Crippen LogP contribution >= 0.6 is 24.8 Å². The molecule has 1 saturated heterocycles. The van der Waals surface area contributed by atoms with Gasteiger partial charge in [-0.05, 0) is 19.0 Å². The summed E-state index contributed by atoms with van der Waals surface area (Å²) in [6.07, 6.45) is 0.862. The predicted molar refractivity (Wildman–Crippen MR) is 79.7 cm³/mol. The molecule has 0 aromatic heterocycles. The average molecular weight is 293 g/mol. The molecule has 0 aliphatic carbocycles. The molecule has 1 fully saturated rings. The topological polar surface area (TPSA) is 35.5 Å². The summed E-state index contributed by atoms with van der Waals surface area (Å²) in [5.41, 5.74) is 0.778. The number of β-amino-alcohol motifs (C(OH)–C–C–N with tert-alkyl or cyclic N) is 1. The maximum Gasteiger partial charge on any atom is 0.0909 e. The highest BCUT2D eigenvalue weighted by Gasteiger charge is 2.34. The van der Waals surface area contributed by atoms with Crippen LogP contribution in [0.25, 0.3) is 0 Å². The predicted octanol–water partition coefficient (Wildman–Crippen LogP) is 1.69. The minimum Gasteiger partial charge on any atom is -0.387 e. The van der Waals surface area contributed by atoms with Crippen LogP contribution in [0.4, 0.5) is 0 Å². The largest absolute Gasteiger partial charge is 0.387 e. The number of benzene rings is 1. The molecule has 0 bridgehead atoms. The van der Waals surface area contributed by atoms with Gasteiger partial charge in [0.15, 0.2) is 0 Å². The third kappa shape index (κ3) is 4.75. The van der Waals surface area contributed by atoms with Crippen LogP contribution in [0.5, 0.6) is 0 Å². The summed E-state index contributed by atoms with van der Waals surface area (Å²) in [7, 11) is 1.89. The van der Waals surface area contributed by atoms with E-state index in [9.17, 15) is 5.11 Å². The molecule has 0 saturated carbocycles. The van der Waals surface area contributed by atoms with Crippen LogP contribution in [-0.4, -0.2) is 42.3 Å². The zero-order valence-electron chi connectivity index (χ0n) is 10.6. The van der Waals surface area contributed by atoms with Gasteiger partial charge >= 0.3 is 0 Å². The molecular formula is C13H22Cl2N2O. The number of hydrogen-bond acceptors (Lipinski definition) is 3. The number of nitrogens with one attached hydrogen (secondary N) is 1. The van der Waals surface area contributed by atoms with Gasteiger partial charge in [-0.1, -0.05) is 30.3 Å². The van der Waals surface area contributed by atoms with Crippen LogP contribution in [0, 0.1) is 0 Å². The average Bonchev–Trinajstić information content (AvgIpc) is 2.62. The number of hydrogen-bond donors (Lipinski definition) is 2. The van der Waals surface area contributed by atoms with Gasteiger partial charge < -0.3 is 10.4 Å². The molecular weight excluding hydrogens is 271 g/mol. The van der Waals surface area contributed by atoms with Crippen molar-refractivity contribution in [1.29, 1.82) is 0 Å². The van der Waals surface area contributed by atoms with Gasteiger partial charge in [0.05, 0.1) is 5.60 Å². The lowest BCUT2D eigenvalue weighted by atomic mass is 10.0. The van der Waals surface area contributed by atoms with E-state index in [2.05, 4.69) is 34.5 Å². The summed E-state index contributed by atoms with van der Waals surface area (Å²) in [6.45, 7) is 3.36. The molecule has 2 N–H and O–H groups in total. The van der Waals surface area contributed by atoms with Gasteiger partial charge in [-0.3, -0.25) is 4.90 Å². The van der Waals surface area contributed by atoms with E-state index in [1.807, 2.05) is 13.1 Å². The van der Waals surface area contributed by atoms with Crippen molar-refractivity contribution in [2.75, 3.05) is 26.7 Å². The molecule has 0 radical (unpaired) electrons. The molecule has 1 aromatic carbocycles. The normalized spacial score (nSPS) is 23.2. The molecule has 2 rings (SSSR count). The summed E-state index contributed by atoms with van der Waals surface area (Å²) in [6, 6.07) is 10.4. The Morgan fingerprint density at radius 2 is 1.94 bits per heavy atom. The molecule has 18 heavy (non-hydrogen) atoms. The number of likely N-dealkylation sites (tertiary alicyclic amines) is 1. The van der Waals surface area contributed by atoms with Crippen molar-refractivity contribution in [2.45, 2.75) is 18.6 Å². The Balaban J connectivity index is 0.00000144. The van der Waals surface area contributed by atoms with Crippen LogP contribution in [-0.2, 0) is 6.54 Å². The van der Waals surface area contributed by atoms with E-state index in [0.29, 0.717) is 6.54 Å². The maximum absolute atomic E-state index is 10.2. The number of rotatable bonds is 4. The van der Waals surface area contributed by atoms with E-state index in [1.165, 1.54) is 5.56 Å². The van der Waals surface area contributed by atoms with Crippen molar-refractivity contribution >= 4 is 24.8 Å². The van der Waals surface area contributed by atoms with Gasteiger partial charge in [-0.15, -0.1) is 24.8 Å². The minimum absolute atomic E-state index is 0. The summed E-state index contributed by atoms with van der Waals surface area (Å²) >= 11 is 0. The molecule has 1 atom stereocenters. The Hall–Kier alpha value is -0.320. The zero-order chi connectivity index (χ0) is 11.4. The summed E-state index contributed by atoms with van der Waals surface area (Å²) in [5, 5.41) is 13.3. The summed E-state index contributed by atoms with van der Waals surface area (Å²) in [4.78, 5) is 2.31. The Labute approximate surface area is 121 Å². The SMILES string of the molecule is CNCC1(O)CCN(Cc2ccccc2)C1.Cl.Cl. The van der Waals surface area contributed by atoms with E-state index in [4.69, 9.17) is 0 Å². The molecule has 5 heteroatoms. The highest BCUT2D eigenvalue weighted by atomic mass is 35.5. The third-order valence-corrected chi connectivity index (χ3v) is 3.17. The first kappa shape index (κ1) is 17.7. The highest BCUT2D eigenvalue weighted by molar-refractivity contribution is 5.85. The number of aliphatic hydroxyl groups is 1. The van der Waals surface area contributed by atoms with Gasteiger partial charge in [0.25, 0.3) is 0 Å². The van der Waals surface area contributed by atoms with Crippen molar-refractivity contribution in [1.82, 2.24) is 10.2 Å². The Morgan fingerprint density at radius 1 is 1.28 bits per heavy atom. The highest BCUT2D eigenvalue weighted by Crippen LogP contribution is 2.22. The standard InChI is InChI=1S/C13H20N2O.2ClH/c1-14-10-13(16)7-8-15(11-13)9-12-5-3-2-4-6-12;;/h2-6,14,16H,7-11H2,1H3;2*1H. The Bertz CT molecular complexity index is 337. The molecule has 1 aromatic rings. The second-order valence-corrected chi connectivity index (χ2v) is 4.70. The fraction of sp³-hybridized carbons (Fsp3) is 0.538. The summed E-state index contributed by atoms with van der Waals surface area (Å²) < 4.78 is 0. The number of nitrogens with zero attached hydrogens (tertiary/aromatic N) is 1. The van der Waals surface area contributed by atoms with Crippen LogP contribution < -0.4 is 5.32 Å². The van der Waals surface area contributed by atoms with Crippen molar-refractivity contribution < 1.29 is 5.11 Å². The molecule has 1 unspecified atom stereocenters. The van der Waals surface area contributed by atoms with Gasteiger partial charge in [0.1, 0.15) is 0 Å². The second-order valence-electron chi connectivity index (χ2n) is 4.70. The van der Waals surface area contributed by atoms with Crippen LogP contribution in [0.1, 0.15) is 12.0 Å². The van der Waals surface area contributed by atoms with Gasteiger partial charge in [-0.2, -0.15) is 0 Å². The van der Waals surface area contributed by atoms with Crippen molar-refractivity contribution in [3.8, 4) is 0 Å². The lowest BCUT2D eigenvalue weighted by Gasteiger charge is -2.23. The number of halogens is 2. The van der Waals surface area contributed by atoms with Gasteiger partial charge in [-0.25, -0.2) is 0 Å². The third-order valence-electron chi connectivity index (χ3n) is 3.17. The maximum atomic E-state index is 10.2. The zero-order valence-corrected chi connectivity index (χ0v) is 12.3. The van der Waals surface area contributed by atoms with E-state index in [1.54, 1.807) is 0 Å². The minimum atomic E-state index is -0.538. The lowest BCUT2D eigenvalue weighted by molar-refractivity contribution is 0.0504. The van der Waals surface area contributed by atoms with Crippen molar-refractivity contribution in [2.24, 2.45) is 0 Å². The first-order valence-electron chi connectivity index (χ1n) is 5.85. The molecule has 0 amide bonds. The first-order valence-corrected chi connectivity index (χ1v) is 5.85. The van der Waals surface area contributed by atoms with E-state index >= 15 is 0 Å². The van der Waals surface area contributed by atoms with Crippen LogP contribution in [0.3, 0.4) is 0 Å². The molecule has 1 aliphatic heterocycles. The van der Waals surface area contributed by atoms with E-state index in [-0.39, 0.29) is 24.8 Å².